The first-order valence-electron chi connectivity index (χ1n) is 6.16. The molecule has 2 N–H and O–H groups in total. The lowest BCUT2D eigenvalue weighted by atomic mass is 10.0. The van der Waals surface area contributed by atoms with Gasteiger partial charge < -0.3 is 15.0 Å². The Bertz CT molecular complexity index is 559. The normalized spacial score (nSPS) is 14.7. The van der Waals surface area contributed by atoms with Crippen molar-refractivity contribution in [2.45, 2.75) is 19.3 Å². The van der Waals surface area contributed by atoms with Crippen LogP contribution < -0.4 is 10.5 Å². The Labute approximate surface area is 106 Å². The average molecular weight is 244 g/mol. The lowest BCUT2D eigenvalue weighted by Crippen LogP contribution is -1.93. The fourth-order valence-corrected chi connectivity index (χ4v) is 2.16. The lowest BCUT2D eigenvalue weighted by molar-refractivity contribution is 0.415. The standard InChI is InChI=1S/C14H16N2O2/c1-17-11-4-2-3-10(8-11)13-12(7-9-5-6-9)16-18-14(13)15/h2-4,8-9H,5-7,15H2,1H3. The Morgan fingerprint density at radius 1 is 1.44 bits per heavy atom. The van der Waals surface area contributed by atoms with Gasteiger partial charge in [0.05, 0.1) is 18.4 Å². The van der Waals surface area contributed by atoms with Gasteiger partial charge in [0, 0.05) is 0 Å². The number of aromatic nitrogens is 1. The minimum Gasteiger partial charge on any atom is -0.497 e. The summed E-state index contributed by atoms with van der Waals surface area (Å²) in [6.45, 7) is 0. The van der Waals surface area contributed by atoms with Crippen LogP contribution in [0.5, 0.6) is 5.75 Å². The summed E-state index contributed by atoms with van der Waals surface area (Å²) >= 11 is 0. The molecule has 3 rings (SSSR count). The highest BCUT2D eigenvalue weighted by atomic mass is 16.5. The number of nitrogens with two attached hydrogens (primary N) is 1. The minimum absolute atomic E-state index is 0.388. The number of nitrogens with zero attached hydrogens (tertiary/aromatic N) is 1. The van der Waals surface area contributed by atoms with Gasteiger partial charge in [0.2, 0.25) is 5.88 Å². The van der Waals surface area contributed by atoms with Gasteiger partial charge >= 0.3 is 0 Å². The van der Waals surface area contributed by atoms with Crippen LogP contribution >= 0.6 is 0 Å². The van der Waals surface area contributed by atoms with Gasteiger partial charge in [0.15, 0.2) is 0 Å². The number of nitrogen functional groups attached to an aromatic ring is 1. The highest BCUT2D eigenvalue weighted by Gasteiger charge is 2.26. The van der Waals surface area contributed by atoms with E-state index < -0.39 is 0 Å². The highest BCUT2D eigenvalue weighted by molar-refractivity contribution is 5.76. The number of hydrogen-bond donors (Lipinski definition) is 1. The zero-order valence-corrected chi connectivity index (χ0v) is 10.3. The summed E-state index contributed by atoms with van der Waals surface area (Å²) in [6.07, 6.45) is 3.52. The van der Waals surface area contributed by atoms with Gasteiger partial charge in [-0.25, -0.2) is 0 Å². The Hall–Kier alpha value is -1.97. The van der Waals surface area contributed by atoms with E-state index in [-0.39, 0.29) is 0 Å². The molecule has 0 unspecified atom stereocenters. The first kappa shape index (κ1) is 11.1. The molecule has 1 aromatic heterocycles. The summed E-state index contributed by atoms with van der Waals surface area (Å²) in [5.41, 5.74) is 8.77. The van der Waals surface area contributed by atoms with Gasteiger partial charge in [0.25, 0.3) is 0 Å². The zero-order valence-electron chi connectivity index (χ0n) is 10.3. The molecule has 1 aliphatic rings. The molecular weight excluding hydrogens is 228 g/mol. The molecule has 1 saturated carbocycles. The summed E-state index contributed by atoms with van der Waals surface area (Å²) < 4.78 is 10.4. The van der Waals surface area contributed by atoms with Crippen molar-refractivity contribution >= 4 is 5.88 Å². The number of benzene rings is 1. The molecule has 0 saturated heterocycles. The van der Waals surface area contributed by atoms with Crippen molar-refractivity contribution in [3.05, 3.63) is 30.0 Å². The number of hydrogen-bond acceptors (Lipinski definition) is 4. The van der Waals surface area contributed by atoms with Crippen LogP contribution in [0.15, 0.2) is 28.8 Å². The molecule has 0 aliphatic heterocycles. The molecule has 4 nitrogen and oxygen atoms in total. The van der Waals surface area contributed by atoms with Gasteiger partial charge in [-0.3, -0.25) is 0 Å². The van der Waals surface area contributed by atoms with Crippen LogP contribution in [0.2, 0.25) is 0 Å². The Morgan fingerprint density at radius 3 is 3.00 bits per heavy atom. The van der Waals surface area contributed by atoms with E-state index in [2.05, 4.69) is 5.16 Å². The van der Waals surface area contributed by atoms with Gasteiger partial charge in [-0.1, -0.05) is 17.3 Å². The summed E-state index contributed by atoms with van der Waals surface area (Å²) in [7, 11) is 1.65. The third-order valence-electron chi connectivity index (χ3n) is 3.33. The second kappa shape index (κ2) is 4.37. The van der Waals surface area contributed by atoms with Gasteiger partial charge in [-0.15, -0.1) is 0 Å². The first-order chi connectivity index (χ1) is 8.78. The van der Waals surface area contributed by atoms with Crippen LogP contribution in [0.1, 0.15) is 18.5 Å². The zero-order chi connectivity index (χ0) is 12.5. The smallest absolute Gasteiger partial charge is 0.230 e. The van der Waals surface area contributed by atoms with Crippen LogP contribution in [0, 0.1) is 5.92 Å². The highest BCUT2D eigenvalue weighted by Crippen LogP contribution is 2.38. The quantitative estimate of drug-likeness (QED) is 0.898. The van der Waals surface area contributed by atoms with Crippen molar-refractivity contribution in [2.75, 3.05) is 12.8 Å². The van der Waals surface area contributed by atoms with E-state index in [0.29, 0.717) is 5.88 Å². The molecule has 0 atom stereocenters. The van der Waals surface area contributed by atoms with Crippen molar-refractivity contribution in [1.29, 1.82) is 0 Å². The maximum absolute atomic E-state index is 5.89. The van der Waals surface area contributed by atoms with Crippen molar-refractivity contribution in [2.24, 2.45) is 5.92 Å². The SMILES string of the molecule is COc1cccc(-c2c(CC3CC3)noc2N)c1. The van der Waals surface area contributed by atoms with Gasteiger partial charge in [-0.2, -0.15) is 0 Å². The molecule has 4 heteroatoms. The van der Waals surface area contributed by atoms with Crippen LogP contribution in [-0.4, -0.2) is 12.3 Å². The second-order valence-electron chi connectivity index (χ2n) is 4.75. The molecule has 1 aromatic carbocycles. The molecular formula is C14H16N2O2. The van der Waals surface area contributed by atoms with E-state index in [4.69, 9.17) is 15.0 Å². The third kappa shape index (κ3) is 2.06. The average Bonchev–Trinajstić information content (AvgIpc) is 3.13. The molecule has 18 heavy (non-hydrogen) atoms. The summed E-state index contributed by atoms with van der Waals surface area (Å²) in [6, 6.07) is 7.82. The number of methoxy groups -OCH3 is 1. The molecule has 0 radical (unpaired) electrons. The molecule has 0 spiro atoms. The van der Waals surface area contributed by atoms with Crippen LogP contribution in [0.25, 0.3) is 11.1 Å². The number of anilines is 1. The fraction of sp³-hybridized carbons (Fsp3) is 0.357. The van der Waals surface area contributed by atoms with Gasteiger partial charge in [-0.05, 0) is 42.9 Å². The van der Waals surface area contributed by atoms with Crippen LogP contribution in [0.4, 0.5) is 5.88 Å². The van der Waals surface area contributed by atoms with E-state index in [1.807, 2.05) is 24.3 Å². The monoisotopic (exact) mass is 244 g/mol. The minimum atomic E-state index is 0.388. The molecule has 0 bridgehead atoms. The maximum atomic E-state index is 5.89. The lowest BCUT2D eigenvalue weighted by Gasteiger charge is -2.04. The molecule has 94 valence electrons. The second-order valence-corrected chi connectivity index (χ2v) is 4.75. The Kier molecular flexibility index (Phi) is 2.70. The molecule has 1 aliphatic carbocycles. The topological polar surface area (TPSA) is 61.3 Å². The van der Waals surface area contributed by atoms with E-state index in [1.54, 1.807) is 7.11 Å². The third-order valence-corrected chi connectivity index (χ3v) is 3.33. The fourth-order valence-electron chi connectivity index (χ4n) is 2.16. The predicted octanol–water partition coefficient (Wildman–Crippen LogP) is 2.88. The van der Waals surface area contributed by atoms with Gasteiger partial charge in [0.1, 0.15) is 5.75 Å². The molecule has 1 fully saturated rings. The van der Waals surface area contributed by atoms with Crippen molar-refractivity contribution < 1.29 is 9.26 Å². The number of rotatable bonds is 4. The van der Waals surface area contributed by atoms with Crippen LogP contribution in [-0.2, 0) is 6.42 Å². The Morgan fingerprint density at radius 2 is 2.28 bits per heavy atom. The molecule has 0 amide bonds. The Balaban J connectivity index is 2.00. The van der Waals surface area contributed by atoms with Crippen molar-refractivity contribution in [1.82, 2.24) is 5.16 Å². The van der Waals surface area contributed by atoms with Crippen molar-refractivity contribution in [3.8, 4) is 16.9 Å². The first-order valence-corrected chi connectivity index (χ1v) is 6.16. The maximum Gasteiger partial charge on any atom is 0.230 e. The van der Waals surface area contributed by atoms with Crippen LogP contribution in [0.3, 0.4) is 0 Å². The van der Waals surface area contributed by atoms with E-state index in [0.717, 1.165) is 34.9 Å². The van der Waals surface area contributed by atoms with E-state index >= 15 is 0 Å². The van der Waals surface area contributed by atoms with E-state index in [1.165, 1.54) is 12.8 Å². The number of ether oxygens (including phenoxy) is 1. The summed E-state index contributed by atoms with van der Waals surface area (Å²) in [4.78, 5) is 0. The van der Waals surface area contributed by atoms with Crippen molar-refractivity contribution in [3.63, 3.8) is 0 Å². The van der Waals surface area contributed by atoms with E-state index in [9.17, 15) is 0 Å². The summed E-state index contributed by atoms with van der Waals surface area (Å²) in [5.74, 6) is 1.95. The molecule has 1 heterocycles. The predicted molar refractivity (Wildman–Crippen MR) is 69.3 cm³/mol. The largest absolute Gasteiger partial charge is 0.497 e. The molecule has 2 aromatic rings. The summed E-state index contributed by atoms with van der Waals surface area (Å²) in [5, 5.41) is 4.09.